The van der Waals surface area contributed by atoms with E-state index in [4.69, 9.17) is 4.52 Å². The number of nitrogens with zero attached hydrogens (tertiary/aromatic N) is 3. The van der Waals surface area contributed by atoms with Gasteiger partial charge in [0, 0.05) is 28.3 Å². The zero-order valence-electron chi connectivity index (χ0n) is 13.0. The maximum absolute atomic E-state index is 12.2. The van der Waals surface area contributed by atoms with Gasteiger partial charge in [-0.1, -0.05) is 29.4 Å². The maximum atomic E-state index is 12.2. The van der Waals surface area contributed by atoms with Crippen LogP contribution in [0.15, 0.2) is 35.0 Å². The van der Waals surface area contributed by atoms with Crippen LogP contribution in [0.2, 0.25) is 0 Å². The lowest BCUT2D eigenvalue weighted by Crippen LogP contribution is -1.99. The number of hydrogen-bond donors (Lipinski definition) is 0. The lowest BCUT2D eigenvalue weighted by molar-refractivity contribution is 0.385. The summed E-state index contributed by atoms with van der Waals surface area (Å²) >= 11 is 1.56. The van der Waals surface area contributed by atoms with E-state index in [1.807, 2.05) is 19.1 Å². The first kappa shape index (κ1) is 16.0. The van der Waals surface area contributed by atoms with Gasteiger partial charge >= 0.3 is 0 Å². The summed E-state index contributed by atoms with van der Waals surface area (Å²) in [4.78, 5) is 9.53. The van der Waals surface area contributed by atoms with Gasteiger partial charge in [-0.2, -0.15) is 4.98 Å². The second-order valence-electron chi connectivity index (χ2n) is 5.28. The van der Waals surface area contributed by atoms with Crippen LogP contribution in [0, 0.1) is 13.8 Å². The molecular formula is C16H17N3O2S2. The first-order valence-electron chi connectivity index (χ1n) is 7.22. The Balaban J connectivity index is 1.61. The van der Waals surface area contributed by atoms with E-state index in [0.29, 0.717) is 23.9 Å². The molecule has 3 aromatic rings. The summed E-state index contributed by atoms with van der Waals surface area (Å²) in [5.74, 6) is 1.80. The summed E-state index contributed by atoms with van der Waals surface area (Å²) in [6.45, 7) is 4.00. The Hall–Kier alpha value is -1.86. The third-order valence-electron chi connectivity index (χ3n) is 3.38. The van der Waals surface area contributed by atoms with Gasteiger partial charge in [-0.3, -0.25) is 4.21 Å². The first-order valence-corrected chi connectivity index (χ1v) is 9.53. The molecule has 0 N–H and O–H groups in total. The highest BCUT2D eigenvalue weighted by Gasteiger charge is 2.13. The van der Waals surface area contributed by atoms with Crippen LogP contribution in [0.5, 0.6) is 0 Å². The summed E-state index contributed by atoms with van der Waals surface area (Å²) in [6.07, 6.45) is 2.40. The summed E-state index contributed by atoms with van der Waals surface area (Å²) < 4.78 is 17.4. The number of aromatic nitrogens is 3. The van der Waals surface area contributed by atoms with Crippen molar-refractivity contribution in [2.45, 2.75) is 31.8 Å². The summed E-state index contributed by atoms with van der Waals surface area (Å²) in [5, 5.41) is 4.97. The van der Waals surface area contributed by atoms with Gasteiger partial charge in [0.2, 0.25) is 5.89 Å². The topological polar surface area (TPSA) is 68.9 Å². The van der Waals surface area contributed by atoms with Crippen molar-refractivity contribution in [3.8, 4) is 0 Å². The standard InChI is InChI=1S/C16H17N3O2S2/c1-11-5-3-4-6-13(11)7-15-18-16(21-19-15)10-23(20)9-14-8-17-12(2)22-14/h3-6,8H,7,9-10H2,1-2H3. The van der Waals surface area contributed by atoms with Crippen molar-refractivity contribution in [1.29, 1.82) is 0 Å². The summed E-state index contributed by atoms with van der Waals surface area (Å²) in [6, 6.07) is 8.11. The fraction of sp³-hybridized carbons (Fsp3) is 0.312. The van der Waals surface area contributed by atoms with E-state index in [1.54, 1.807) is 17.5 Å². The molecule has 0 amide bonds. The van der Waals surface area contributed by atoms with Gasteiger partial charge in [0.25, 0.3) is 0 Å². The molecule has 7 heteroatoms. The Morgan fingerprint density at radius 3 is 2.78 bits per heavy atom. The van der Waals surface area contributed by atoms with Gasteiger partial charge in [-0.25, -0.2) is 4.98 Å². The lowest BCUT2D eigenvalue weighted by Gasteiger charge is -2.00. The van der Waals surface area contributed by atoms with Crippen LogP contribution in [-0.2, 0) is 28.7 Å². The Kier molecular flexibility index (Phi) is 4.97. The highest BCUT2D eigenvalue weighted by molar-refractivity contribution is 7.83. The molecule has 0 aliphatic rings. The monoisotopic (exact) mass is 347 g/mol. The molecule has 0 saturated carbocycles. The van der Waals surface area contributed by atoms with Crippen molar-refractivity contribution in [1.82, 2.24) is 15.1 Å². The number of aryl methyl sites for hydroxylation is 2. The van der Waals surface area contributed by atoms with Crippen LogP contribution in [-0.4, -0.2) is 19.3 Å². The van der Waals surface area contributed by atoms with E-state index in [2.05, 4.69) is 34.2 Å². The van der Waals surface area contributed by atoms with Crippen molar-refractivity contribution in [3.05, 3.63) is 63.2 Å². The normalized spacial score (nSPS) is 12.4. The molecule has 3 rings (SSSR count). The second-order valence-corrected chi connectivity index (χ2v) is 8.06. The van der Waals surface area contributed by atoms with Crippen LogP contribution in [0.25, 0.3) is 0 Å². The summed E-state index contributed by atoms with van der Waals surface area (Å²) in [7, 11) is -1.07. The minimum absolute atomic E-state index is 0.276. The van der Waals surface area contributed by atoms with Crippen molar-refractivity contribution in [3.63, 3.8) is 0 Å². The molecule has 1 aromatic carbocycles. The van der Waals surface area contributed by atoms with E-state index in [-0.39, 0.29) is 5.75 Å². The van der Waals surface area contributed by atoms with Gasteiger partial charge < -0.3 is 4.52 Å². The van der Waals surface area contributed by atoms with Crippen LogP contribution < -0.4 is 0 Å². The molecule has 1 atom stereocenters. The van der Waals surface area contributed by atoms with Gasteiger partial charge in [0.15, 0.2) is 5.82 Å². The smallest absolute Gasteiger partial charge is 0.239 e. The van der Waals surface area contributed by atoms with Crippen LogP contribution in [0.3, 0.4) is 0 Å². The molecule has 0 spiro atoms. The molecule has 0 saturated heterocycles. The highest BCUT2D eigenvalue weighted by atomic mass is 32.2. The molecule has 23 heavy (non-hydrogen) atoms. The molecule has 1 unspecified atom stereocenters. The van der Waals surface area contributed by atoms with E-state index in [9.17, 15) is 4.21 Å². The summed E-state index contributed by atoms with van der Waals surface area (Å²) in [5.41, 5.74) is 2.36. The number of thiazole rings is 1. The molecule has 0 radical (unpaired) electrons. The van der Waals surface area contributed by atoms with E-state index in [0.717, 1.165) is 9.88 Å². The predicted molar refractivity (Wildman–Crippen MR) is 90.7 cm³/mol. The van der Waals surface area contributed by atoms with Crippen LogP contribution in [0.4, 0.5) is 0 Å². The number of benzene rings is 1. The van der Waals surface area contributed by atoms with E-state index < -0.39 is 10.8 Å². The van der Waals surface area contributed by atoms with Crippen molar-refractivity contribution in [2.24, 2.45) is 0 Å². The van der Waals surface area contributed by atoms with Gasteiger partial charge in [0.05, 0.1) is 10.8 Å². The second kappa shape index (κ2) is 7.14. The molecular weight excluding hydrogens is 330 g/mol. The average molecular weight is 347 g/mol. The molecule has 0 aliphatic heterocycles. The highest BCUT2D eigenvalue weighted by Crippen LogP contribution is 2.16. The van der Waals surface area contributed by atoms with Crippen LogP contribution >= 0.6 is 11.3 Å². The Morgan fingerprint density at radius 2 is 2.04 bits per heavy atom. The quantitative estimate of drug-likeness (QED) is 0.685. The maximum Gasteiger partial charge on any atom is 0.239 e. The number of rotatable bonds is 6. The minimum atomic E-state index is -1.07. The third kappa shape index (κ3) is 4.33. The van der Waals surface area contributed by atoms with Crippen molar-refractivity contribution in [2.75, 3.05) is 0 Å². The Morgan fingerprint density at radius 1 is 1.22 bits per heavy atom. The number of hydrogen-bond acceptors (Lipinski definition) is 6. The Labute approximate surface area is 141 Å². The van der Waals surface area contributed by atoms with E-state index >= 15 is 0 Å². The fourth-order valence-electron chi connectivity index (χ4n) is 2.22. The van der Waals surface area contributed by atoms with Gasteiger partial charge in [-0.05, 0) is 25.0 Å². The molecule has 0 aliphatic carbocycles. The van der Waals surface area contributed by atoms with Gasteiger partial charge in [0.1, 0.15) is 5.75 Å². The lowest BCUT2D eigenvalue weighted by atomic mass is 10.1. The Bertz CT molecular complexity index is 826. The van der Waals surface area contributed by atoms with Crippen molar-refractivity contribution < 1.29 is 8.73 Å². The molecule has 0 fully saturated rings. The predicted octanol–water partition coefficient (Wildman–Crippen LogP) is 3.18. The van der Waals surface area contributed by atoms with Crippen molar-refractivity contribution >= 4 is 22.1 Å². The molecule has 2 aromatic heterocycles. The fourth-order valence-corrected chi connectivity index (χ4v) is 4.33. The molecule has 5 nitrogen and oxygen atoms in total. The SMILES string of the molecule is Cc1ncc(CS(=O)Cc2nc(Cc3ccccc3C)no2)s1. The zero-order chi connectivity index (χ0) is 16.2. The third-order valence-corrected chi connectivity index (χ3v) is 5.67. The molecule has 120 valence electrons. The van der Waals surface area contributed by atoms with Gasteiger partial charge in [-0.15, -0.1) is 11.3 Å². The largest absolute Gasteiger partial charge is 0.338 e. The zero-order valence-corrected chi connectivity index (χ0v) is 14.6. The van der Waals surface area contributed by atoms with Crippen LogP contribution in [0.1, 0.15) is 32.7 Å². The van der Waals surface area contributed by atoms with E-state index in [1.165, 1.54) is 11.1 Å². The average Bonchev–Trinajstić information content (AvgIpc) is 3.11. The molecule has 0 bridgehead atoms. The first-order chi connectivity index (χ1) is 11.1. The minimum Gasteiger partial charge on any atom is -0.338 e. The molecule has 2 heterocycles.